The highest BCUT2D eigenvalue weighted by atomic mass is 15.4. The first-order valence-electron chi connectivity index (χ1n) is 9.18. The number of nitrogens with zero attached hydrogens (tertiary/aromatic N) is 5. The SMILES string of the molecule is CC(C)(C)c1nc(C2CCCC2)c2nnn(Cc3ccccc3)c2n1. The third-order valence-corrected chi connectivity index (χ3v) is 4.98. The molecule has 1 saturated carbocycles. The van der Waals surface area contributed by atoms with Gasteiger partial charge in [-0.2, -0.15) is 0 Å². The molecule has 0 radical (unpaired) electrons. The second kappa shape index (κ2) is 6.21. The monoisotopic (exact) mass is 335 g/mol. The van der Waals surface area contributed by atoms with Crippen LogP contribution in [0.3, 0.4) is 0 Å². The minimum absolute atomic E-state index is 0.0939. The first kappa shape index (κ1) is 16.2. The largest absolute Gasteiger partial charge is 0.235 e. The first-order chi connectivity index (χ1) is 12.0. The predicted octanol–water partition coefficient (Wildman–Crippen LogP) is 4.22. The van der Waals surface area contributed by atoms with Gasteiger partial charge in [0, 0.05) is 11.3 Å². The van der Waals surface area contributed by atoms with Crippen LogP contribution >= 0.6 is 0 Å². The number of fused-ring (bicyclic) bond motifs is 1. The minimum atomic E-state index is -0.0939. The zero-order valence-corrected chi connectivity index (χ0v) is 15.2. The second-order valence-electron chi connectivity index (χ2n) is 8.07. The van der Waals surface area contributed by atoms with Crippen LogP contribution in [0.5, 0.6) is 0 Å². The summed E-state index contributed by atoms with van der Waals surface area (Å²) in [6.45, 7) is 7.18. The van der Waals surface area contributed by atoms with Crippen LogP contribution in [0.25, 0.3) is 11.2 Å². The molecule has 1 aliphatic carbocycles. The van der Waals surface area contributed by atoms with Gasteiger partial charge in [0.25, 0.3) is 0 Å². The van der Waals surface area contributed by atoms with Crippen molar-refractivity contribution in [2.75, 3.05) is 0 Å². The molecule has 0 saturated heterocycles. The fraction of sp³-hybridized carbons (Fsp3) is 0.500. The van der Waals surface area contributed by atoms with Gasteiger partial charge in [0.05, 0.1) is 12.2 Å². The van der Waals surface area contributed by atoms with Gasteiger partial charge < -0.3 is 0 Å². The van der Waals surface area contributed by atoms with Gasteiger partial charge in [-0.05, 0) is 18.4 Å². The molecule has 1 fully saturated rings. The maximum atomic E-state index is 4.95. The van der Waals surface area contributed by atoms with Crippen LogP contribution < -0.4 is 0 Å². The molecule has 0 bridgehead atoms. The summed E-state index contributed by atoms with van der Waals surface area (Å²) in [6.07, 6.45) is 4.95. The molecule has 0 atom stereocenters. The normalized spacial score (nSPS) is 16.0. The van der Waals surface area contributed by atoms with Crippen molar-refractivity contribution in [3.63, 3.8) is 0 Å². The van der Waals surface area contributed by atoms with Crippen molar-refractivity contribution < 1.29 is 0 Å². The smallest absolute Gasteiger partial charge is 0.182 e. The number of hydrogen-bond donors (Lipinski definition) is 0. The summed E-state index contributed by atoms with van der Waals surface area (Å²) in [5.74, 6) is 1.38. The van der Waals surface area contributed by atoms with Crippen LogP contribution in [-0.2, 0) is 12.0 Å². The van der Waals surface area contributed by atoms with E-state index in [1.54, 1.807) is 0 Å². The van der Waals surface area contributed by atoms with E-state index in [1.807, 2.05) is 22.9 Å². The third-order valence-electron chi connectivity index (χ3n) is 4.98. The van der Waals surface area contributed by atoms with Crippen LogP contribution in [0.2, 0.25) is 0 Å². The summed E-state index contributed by atoms with van der Waals surface area (Å²) >= 11 is 0. The molecule has 0 amide bonds. The van der Waals surface area contributed by atoms with Crippen LogP contribution in [-0.4, -0.2) is 25.0 Å². The van der Waals surface area contributed by atoms with Crippen molar-refractivity contribution in [2.45, 2.75) is 64.3 Å². The zero-order chi connectivity index (χ0) is 17.4. The van der Waals surface area contributed by atoms with E-state index in [4.69, 9.17) is 9.97 Å². The molecular formula is C20H25N5. The molecular weight excluding hydrogens is 310 g/mol. The standard InChI is InChI=1S/C20H25N5/c1-20(2,3)19-21-16(15-11-7-8-12-15)17-18(22-19)25(24-23-17)13-14-9-5-4-6-10-14/h4-6,9-10,15H,7-8,11-13H2,1-3H3. The van der Waals surface area contributed by atoms with Gasteiger partial charge in [-0.15, -0.1) is 5.10 Å². The molecule has 5 nitrogen and oxygen atoms in total. The number of hydrogen-bond acceptors (Lipinski definition) is 4. The van der Waals surface area contributed by atoms with Crippen molar-refractivity contribution in [2.24, 2.45) is 0 Å². The fourth-order valence-corrected chi connectivity index (χ4v) is 3.56. The van der Waals surface area contributed by atoms with Gasteiger partial charge in [0.2, 0.25) is 0 Å². The fourth-order valence-electron chi connectivity index (χ4n) is 3.56. The van der Waals surface area contributed by atoms with Crippen molar-refractivity contribution in [3.05, 3.63) is 47.4 Å². The number of rotatable bonds is 3. The molecule has 3 aromatic rings. The Labute approximate surface area is 148 Å². The summed E-state index contributed by atoms with van der Waals surface area (Å²) < 4.78 is 1.92. The zero-order valence-electron chi connectivity index (χ0n) is 15.2. The molecule has 4 rings (SSSR count). The lowest BCUT2D eigenvalue weighted by Crippen LogP contribution is -2.18. The summed E-state index contributed by atoms with van der Waals surface area (Å²) in [5, 5.41) is 8.88. The first-order valence-corrected chi connectivity index (χ1v) is 9.18. The van der Waals surface area contributed by atoms with Crippen molar-refractivity contribution in [3.8, 4) is 0 Å². The van der Waals surface area contributed by atoms with Crippen LogP contribution in [0.4, 0.5) is 0 Å². The molecule has 2 heterocycles. The Hall–Kier alpha value is -2.30. The highest BCUT2D eigenvalue weighted by Crippen LogP contribution is 2.36. The molecule has 0 spiro atoms. The average molecular weight is 335 g/mol. The van der Waals surface area contributed by atoms with Crippen molar-refractivity contribution in [1.82, 2.24) is 25.0 Å². The van der Waals surface area contributed by atoms with E-state index in [-0.39, 0.29) is 5.41 Å². The van der Waals surface area contributed by atoms with Gasteiger partial charge in [-0.1, -0.05) is 69.2 Å². The molecule has 2 aromatic heterocycles. The Morgan fingerprint density at radius 1 is 1.04 bits per heavy atom. The maximum absolute atomic E-state index is 4.95. The highest BCUT2D eigenvalue weighted by molar-refractivity contribution is 5.73. The highest BCUT2D eigenvalue weighted by Gasteiger charge is 2.27. The van der Waals surface area contributed by atoms with Gasteiger partial charge in [0.1, 0.15) is 5.82 Å². The molecule has 130 valence electrons. The average Bonchev–Trinajstić information content (AvgIpc) is 3.24. The van der Waals surface area contributed by atoms with E-state index in [2.05, 4.69) is 43.2 Å². The molecule has 0 N–H and O–H groups in total. The quantitative estimate of drug-likeness (QED) is 0.719. The van der Waals surface area contributed by atoms with E-state index in [1.165, 1.54) is 31.2 Å². The number of benzene rings is 1. The van der Waals surface area contributed by atoms with E-state index in [9.17, 15) is 0 Å². The summed E-state index contributed by atoms with van der Waals surface area (Å²) in [6, 6.07) is 10.3. The summed E-state index contributed by atoms with van der Waals surface area (Å²) in [7, 11) is 0. The van der Waals surface area contributed by atoms with E-state index in [0.717, 1.165) is 22.7 Å². The second-order valence-corrected chi connectivity index (χ2v) is 8.07. The van der Waals surface area contributed by atoms with Gasteiger partial charge >= 0.3 is 0 Å². The van der Waals surface area contributed by atoms with Crippen molar-refractivity contribution >= 4 is 11.2 Å². The predicted molar refractivity (Wildman–Crippen MR) is 98.6 cm³/mol. The van der Waals surface area contributed by atoms with Crippen molar-refractivity contribution in [1.29, 1.82) is 0 Å². The summed E-state index contributed by atoms with van der Waals surface area (Å²) in [4.78, 5) is 9.81. The van der Waals surface area contributed by atoms with Gasteiger partial charge in [-0.3, -0.25) is 0 Å². The summed E-state index contributed by atoms with van der Waals surface area (Å²) in [5.41, 5.74) is 3.96. The van der Waals surface area contributed by atoms with Crippen LogP contribution in [0.1, 0.15) is 69.5 Å². The Kier molecular flexibility index (Phi) is 4.02. The van der Waals surface area contributed by atoms with Crippen LogP contribution in [0.15, 0.2) is 30.3 Å². The lowest BCUT2D eigenvalue weighted by atomic mass is 9.94. The minimum Gasteiger partial charge on any atom is -0.235 e. The van der Waals surface area contributed by atoms with Gasteiger partial charge in [0.15, 0.2) is 11.2 Å². The lowest BCUT2D eigenvalue weighted by molar-refractivity contribution is 0.537. The van der Waals surface area contributed by atoms with E-state index in [0.29, 0.717) is 12.5 Å². The Balaban J connectivity index is 1.84. The van der Waals surface area contributed by atoms with E-state index >= 15 is 0 Å². The Morgan fingerprint density at radius 3 is 2.44 bits per heavy atom. The maximum Gasteiger partial charge on any atom is 0.182 e. The topological polar surface area (TPSA) is 56.5 Å². The Bertz CT molecular complexity index is 870. The van der Waals surface area contributed by atoms with Gasteiger partial charge in [-0.25, -0.2) is 14.6 Å². The molecule has 5 heteroatoms. The Morgan fingerprint density at radius 2 is 1.76 bits per heavy atom. The molecule has 1 aliphatic rings. The van der Waals surface area contributed by atoms with E-state index < -0.39 is 0 Å². The lowest BCUT2D eigenvalue weighted by Gasteiger charge is -2.19. The molecule has 0 unspecified atom stereocenters. The number of aromatic nitrogens is 5. The molecule has 0 aliphatic heterocycles. The molecule has 1 aromatic carbocycles. The third kappa shape index (κ3) is 3.15. The molecule has 25 heavy (non-hydrogen) atoms. The van der Waals surface area contributed by atoms with Crippen LogP contribution in [0, 0.1) is 0 Å².